The van der Waals surface area contributed by atoms with Crippen molar-refractivity contribution < 1.29 is 14.4 Å². The molecule has 0 unspecified atom stereocenters. The number of rotatable bonds is 6. The molecule has 0 spiro atoms. The summed E-state index contributed by atoms with van der Waals surface area (Å²) in [5.41, 5.74) is 1.12. The molecule has 1 aromatic carbocycles. The van der Waals surface area contributed by atoms with Gasteiger partial charge in [-0.2, -0.15) is 0 Å². The molecule has 0 saturated carbocycles. The molecule has 0 radical (unpaired) electrons. The van der Waals surface area contributed by atoms with Crippen LogP contribution in [0.3, 0.4) is 0 Å². The van der Waals surface area contributed by atoms with Crippen molar-refractivity contribution in [3.05, 3.63) is 46.8 Å². The van der Waals surface area contributed by atoms with Gasteiger partial charge in [0.25, 0.3) is 0 Å². The molecule has 6 heteroatoms. The zero-order valence-corrected chi connectivity index (χ0v) is 15.5. The van der Waals surface area contributed by atoms with Gasteiger partial charge in [0.2, 0.25) is 17.5 Å². The number of hydrogen-bond acceptors (Lipinski definition) is 5. The Morgan fingerprint density at radius 3 is 1.80 bits per heavy atom. The number of nitrogens with zero attached hydrogens (tertiary/aromatic N) is 3. The lowest BCUT2D eigenvalue weighted by Crippen LogP contribution is -2.43. The summed E-state index contributed by atoms with van der Waals surface area (Å²) in [6.07, 6.45) is 0. The van der Waals surface area contributed by atoms with E-state index in [-0.39, 0.29) is 35.4 Å². The summed E-state index contributed by atoms with van der Waals surface area (Å²) >= 11 is 0. The minimum Gasteiger partial charge on any atom is -0.373 e. The summed E-state index contributed by atoms with van der Waals surface area (Å²) in [4.78, 5) is 43.4. The molecule has 0 saturated heterocycles. The first-order valence-electron chi connectivity index (χ1n) is 8.42. The number of Topliss-reactive ketones (excluding diaryl/α,β-unsaturated/α-hetero) is 2. The molecule has 1 amide bonds. The van der Waals surface area contributed by atoms with Gasteiger partial charge in [-0.25, -0.2) is 0 Å². The van der Waals surface area contributed by atoms with Gasteiger partial charge in [-0.15, -0.1) is 0 Å². The van der Waals surface area contributed by atoms with E-state index in [1.54, 1.807) is 50.3 Å². The van der Waals surface area contributed by atoms with Crippen LogP contribution in [0.1, 0.15) is 34.6 Å². The first-order chi connectivity index (χ1) is 11.8. The molecule has 0 bridgehead atoms. The zero-order chi connectivity index (χ0) is 18.7. The van der Waals surface area contributed by atoms with E-state index in [0.29, 0.717) is 11.1 Å². The van der Waals surface area contributed by atoms with Gasteiger partial charge in [0.1, 0.15) is 11.4 Å². The van der Waals surface area contributed by atoms with Gasteiger partial charge in [0.15, 0.2) is 0 Å². The minimum absolute atomic E-state index is 0.144. The first kappa shape index (κ1) is 18.9. The highest BCUT2D eigenvalue weighted by Crippen LogP contribution is 2.29. The molecule has 1 aliphatic carbocycles. The standard InChI is InChI=1S/C19H25N3O3/c1-6-22(7-2)12-15(23)21(5)17-16(20(3)4)18(24)13-10-8-9-11-14(13)19(17)25/h8-11H,6-7,12H2,1-5H3. The van der Waals surface area contributed by atoms with E-state index >= 15 is 0 Å². The van der Waals surface area contributed by atoms with Gasteiger partial charge < -0.3 is 9.80 Å². The van der Waals surface area contributed by atoms with E-state index in [9.17, 15) is 14.4 Å². The first-order valence-corrected chi connectivity index (χ1v) is 8.42. The maximum atomic E-state index is 13.0. The summed E-state index contributed by atoms with van der Waals surface area (Å²) in [5.74, 6) is -0.745. The van der Waals surface area contributed by atoms with E-state index < -0.39 is 0 Å². The lowest BCUT2D eigenvalue weighted by molar-refractivity contribution is -0.129. The van der Waals surface area contributed by atoms with Crippen LogP contribution in [-0.2, 0) is 4.79 Å². The molecular weight excluding hydrogens is 318 g/mol. The van der Waals surface area contributed by atoms with Crippen LogP contribution in [0.2, 0.25) is 0 Å². The predicted molar refractivity (Wildman–Crippen MR) is 96.4 cm³/mol. The molecule has 6 nitrogen and oxygen atoms in total. The Bertz CT molecular complexity index is 733. The van der Waals surface area contributed by atoms with E-state index in [2.05, 4.69) is 0 Å². The third-order valence-electron chi connectivity index (χ3n) is 4.48. The number of allylic oxidation sites excluding steroid dienone is 2. The normalized spacial score (nSPS) is 14.0. The molecule has 1 aliphatic rings. The van der Waals surface area contributed by atoms with Gasteiger partial charge >= 0.3 is 0 Å². The number of benzene rings is 1. The van der Waals surface area contributed by atoms with Gasteiger partial charge in [-0.3, -0.25) is 19.3 Å². The summed E-state index contributed by atoms with van der Waals surface area (Å²) < 4.78 is 0. The molecule has 25 heavy (non-hydrogen) atoms. The molecule has 134 valence electrons. The number of hydrogen-bond donors (Lipinski definition) is 0. The van der Waals surface area contributed by atoms with Crippen molar-refractivity contribution in [3.8, 4) is 0 Å². The van der Waals surface area contributed by atoms with Crippen LogP contribution in [0.4, 0.5) is 0 Å². The van der Waals surface area contributed by atoms with Gasteiger partial charge in [-0.1, -0.05) is 38.1 Å². The minimum atomic E-state index is -0.297. The maximum absolute atomic E-state index is 13.0. The SMILES string of the molecule is CCN(CC)CC(=O)N(C)C1=C(N(C)C)C(=O)c2ccccc2C1=O. The van der Waals surface area contributed by atoms with Gasteiger partial charge in [0.05, 0.1) is 6.54 Å². The molecule has 1 aromatic rings. The lowest BCUT2D eigenvalue weighted by Gasteiger charge is -2.31. The van der Waals surface area contributed by atoms with Gasteiger partial charge in [0, 0.05) is 32.3 Å². The highest BCUT2D eigenvalue weighted by molar-refractivity contribution is 6.27. The highest BCUT2D eigenvalue weighted by Gasteiger charge is 2.36. The number of carbonyl (C=O) groups is 3. The largest absolute Gasteiger partial charge is 0.373 e. The average molecular weight is 343 g/mol. The van der Waals surface area contributed by atoms with Crippen molar-refractivity contribution in [1.29, 1.82) is 0 Å². The molecule has 0 heterocycles. The molecule has 0 fully saturated rings. The van der Waals surface area contributed by atoms with Crippen molar-refractivity contribution in [1.82, 2.24) is 14.7 Å². The van der Waals surface area contributed by atoms with Crippen LogP contribution in [-0.4, -0.2) is 73.0 Å². The Labute approximate surface area is 148 Å². The fourth-order valence-corrected chi connectivity index (χ4v) is 2.94. The molecule has 0 aliphatic heterocycles. The van der Waals surface area contributed by atoms with Gasteiger partial charge in [-0.05, 0) is 13.1 Å². The summed E-state index contributed by atoms with van der Waals surface area (Å²) in [7, 11) is 4.97. The third-order valence-corrected chi connectivity index (χ3v) is 4.48. The summed E-state index contributed by atoms with van der Waals surface area (Å²) in [6.45, 7) is 5.65. The highest BCUT2D eigenvalue weighted by atomic mass is 16.2. The fourth-order valence-electron chi connectivity index (χ4n) is 2.94. The van der Waals surface area contributed by atoms with Crippen LogP contribution in [0.25, 0.3) is 0 Å². The molecule has 0 atom stereocenters. The zero-order valence-electron chi connectivity index (χ0n) is 15.5. The summed E-state index contributed by atoms with van der Waals surface area (Å²) in [5, 5.41) is 0. The number of ketones is 2. The second kappa shape index (κ2) is 7.61. The van der Waals surface area contributed by atoms with Crippen molar-refractivity contribution in [2.24, 2.45) is 0 Å². The Balaban J connectivity index is 2.48. The Morgan fingerprint density at radius 1 is 0.880 bits per heavy atom. The smallest absolute Gasteiger partial charge is 0.241 e. The quantitative estimate of drug-likeness (QED) is 0.786. The lowest BCUT2D eigenvalue weighted by atomic mass is 9.89. The van der Waals surface area contributed by atoms with E-state index in [4.69, 9.17) is 0 Å². The van der Waals surface area contributed by atoms with E-state index in [0.717, 1.165) is 13.1 Å². The summed E-state index contributed by atoms with van der Waals surface area (Å²) in [6, 6.07) is 6.73. The van der Waals surface area contributed by atoms with Crippen molar-refractivity contribution in [2.75, 3.05) is 40.8 Å². The average Bonchev–Trinajstić information content (AvgIpc) is 2.61. The number of likely N-dealkylation sites (N-methyl/N-ethyl adjacent to an activating group) is 3. The van der Waals surface area contributed by atoms with Crippen molar-refractivity contribution in [2.45, 2.75) is 13.8 Å². The number of fused-ring (bicyclic) bond motifs is 1. The van der Waals surface area contributed by atoms with Crippen LogP contribution >= 0.6 is 0 Å². The monoisotopic (exact) mass is 343 g/mol. The molecule has 2 rings (SSSR count). The Hall–Kier alpha value is -2.47. The van der Waals surface area contributed by atoms with E-state index in [1.807, 2.05) is 18.7 Å². The predicted octanol–water partition coefficient (Wildman–Crippen LogP) is 1.64. The van der Waals surface area contributed by atoms with Crippen LogP contribution in [0.15, 0.2) is 35.7 Å². The number of carbonyl (C=O) groups excluding carboxylic acids is 3. The fraction of sp³-hybridized carbons (Fsp3) is 0.421. The molecule has 0 N–H and O–H groups in total. The third kappa shape index (κ3) is 3.49. The van der Waals surface area contributed by atoms with E-state index in [1.165, 1.54) is 4.90 Å². The second-order valence-electron chi connectivity index (χ2n) is 6.21. The number of amides is 1. The Morgan fingerprint density at radius 2 is 1.36 bits per heavy atom. The van der Waals surface area contributed by atoms with Crippen LogP contribution in [0.5, 0.6) is 0 Å². The molecule has 0 aromatic heterocycles. The molecular formula is C19H25N3O3. The van der Waals surface area contributed by atoms with Crippen LogP contribution < -0.4 is 0 Å². The maximum Gasteiger partial charge on any atom is 0.241 e. The second-order valence-corrected chi connectivity index (χ2v) is 6.21. The Kier molecular flexibility index (Phi) is 5.74. The topological polar surface area (TPSA) is 60.9 Å². The van der Waals surface area contributed by atoms with Crippen molar-refractivity contribution >= 4 is 17.5 Å². The van der Waals surface area contributed by atoms with Crippen molar-refractivity contribution in [3.63, 3.8) is 0 Å². The van der Waals surface area contributed by atoms with Crippen LogP contribution in [0, 0.1) is 0 Å².